The van der Waals surface area contributed by atoms with Crippen LogP contribution in [0.1, 0.15) is 66.2 Å². The van der Waals surface area contributed by atoms with Crippen molar-refractivity contribution >= 4 is 5.97 Å². The van der Waals surface area contributed by atoms with Crippen LogP contribution >= 0.6 is 0 Å². The van der Waals surface area contributed by atoms with Crippen LogP contribution in [0.3, 0.4) is 0 Å². The lowest BCUT2D eigenvalue weighted by Crippen LogP contribution is -2.29. The average Bonchev–Trinajstić information content (AvgIpc) is 2.27. The highest BCUT2D eigenvalue weighted by Crippen LogP contribution is 2.15. The Kier molecular flexibility index (Phi) is 10.0. The van der Waals surface area contributed by atoms with Gasteiger partial charge in [0.1, 0.15) is 0 Å². The van der Waals surface area contributed by atoms with Gasteiger partial charge in [-0.3, -0.25) is 4.79 Å². The van der Waals surface area contributed by atoms with Crippen molar-refractivity contribution in [2.24, 2.45) is 17.6 Å². The van der Waals surface area contributed by atoms with Crippen LogP contribution in [0.2, 0.25) is 0 Å². The number of ether oxygens (including phenoxy) is 1. The standard InChI is InChI=1S/C15H31NO2/c1-5-6-7-8-9-14(11-16)15(17)18-13(4)10-12(2)3/h12-14H,5-11,16H2,1-4H3. The predicted molar refractivity (Wildman–Crippen MR) is 76.3 cm³/mol. The fourth-order valence-electron chi connectivity index (χ4n) is 2.16. The van der Waals surface area contributed by atoms with Gasteiger partial charge in [-0.2, -0.15) is 0 Å². The summed E-state index contributed by atoms with van der Waals surface area (Å²) in [6.45, 7) is 8.81. The second-order valence-corrected chi connectivity index (χ2v) is 5.66. The van der Waals surface area contributed by atoms with Gasteiger partial charge in [0.15, 0.2) is 0 Å². The summed E-state index contributed by atoms with van der Waals surface area (Å²) in [5.74, 6) is 0.326. The molecule has 0 saturated heterocycles. The quantitative estimate of drug-likeness (QED) is 0.481. The Morgan fingerprint density at radius 1 is 1.17 bits per heavy atom. The Morgan fingerprint density at radius 3 is 2.33 bits per heavy atom. The highest BCUT2D eigenvalue weighted by atomic mass is 16.5. The molecule has 0 spiro atoms. The van der Waals surface area contributed by atoms with E-state index in [-0.39, 0.29) is 18.0 Å². The molecule has 2 atom stereocenters. The highest BCUT2D eigenvalue weighted by molar-refractivity contribution is 5.72. The van der Waals surface area contributed by atoms with Gasteiger partial charge in [-0.25, -0.2) is 0 Å². The van der Waals surface area contributed by atoms with E-state index in [4.69, 9.17) is 10.5 Å². The van der Waals surface area contributed by atoms with Crippen molar-refractivity contribution in [3.63, 3.8) is 0 Å². The Bertz CT molecular complexity index is 217. The van der Waals surface area contributed by atoms with Crippen molar-refractivity contribution in [3.8, 4) is 0 Å². The molecular formula is C15H31NO2. The van der Waals surface area contributed by atoms with E-state index in [1.807, 2.05) is 6.92 Å². The SMILES string of the molecule is CCCCCCC(CN)C(=O)OC(C)CC(C)C. The number of unbranched alkanes of at least 4 members (excludes halogenated alkanes) is 3. The maximum Gasteiger partial charge on any atom is 0.310 e. The van der Waals surface area contributed by atoms with Crippen LogP contribution in [0.25, 0.3) is 0 Å². The van der Waals surface area contributed by atoms with E-state index in [0.717, 1.165) is 19.3 Å². The zero-order valence-corrected chi connectivity index (χ0v) is 12.6. The Labute approximate surface area is 112 Å². The predicted octanol–water partition coefficient (Wildman–Crippen LogP) is 3.51. The van der Waals surface area contributed by atoms with Gasteiger partial charge in [0.2, 0.25) is 0 Å². The number of carbonyl (C=O) groups excluding carboxylic acids is 1. The summed E-state index contributed by atoms with van der Waals surface area (Å²) in [4.78, 5) is 11.9. The van der Waals surface area contributed by atoms with E-state index in [2.05, 4.69) is 20.8 Å². The lowest BCUT2D eigenvalue weighted by atomic mass is 10.0. The van der Waals surface area contributed by atoms with Crippen molar-refractivity contribution in [2.75, 3.05) is 6.54 Å². The molecule has 2 unspecified atom stereocenters. The third-order valence-electron chi connectivity index (χ3n) is 3.14. The second-order valence-electron chi connectivity index (χ2n) is 5.66. The first-order valence-electron chi connectivity index (χ1n) is 7.41. The van der Waals surface area contributed by atoms with E-state index in [1.54, 1.807) is 0 Å². The van der Waals surface area contributed by atoms with Crippen LogP contribution in [0.4, 0.5) is 0 Å². The van der Waals surface area contributed by atoms with Gasteiger partial charge >= 0.3 is 5.97 Å². The summed E-state index contributed by atoms with van der Waals surface area (Å²) in [5, 5.41) is 0. The molecule has 0 aromatic rings. The van der Waals surface area contributed by atoms with Crippen LogP contribution in [-0.4, -0.2) is 18.6 Å². The minimum Gasteiger partial charge on any atom is -0.462 e. The number of hydrogen-bond donors (Lipinski definition) is 1. The molecule has 0 heterocycles. The van der Waals surface area contributed by atoms with E-state index in [0.29, 0.717) is 12.5 Å². The molecule has 0 aromatic heterocycles. The summed E-state index contributed by atoms with van der Waals surface area (Å²) in [6.07, 6.45) is 6.48. The van der Waals surface area contributed by atoms with Crippen molar-refractivity contribution in [1.82, 2.24) is 0 Å². The summed E-state index contributed by atoms with van der Waals surface area (Å²) in [5.41, 5.74) is 5.66. The molecule has 0 aliphatic heterocycles. The normalized spacial score (nSPS) is 14.6. The Morgan fingerprint density at radius 2 is 1.83 bits per heavy atom. The largest absolute Gasteiger partial charge is 0.462 e. The van der Waals surface area contributed by atoms with Crippen LogP contribution in [-0.2, 0) is 9.53 Å². The molecule has 108 valence electrons. The van der Waals surface area contributed by atoms with E-state index in [9.17, 15) is 4.79 Å². The Hall–Kier alpha value is -0.570. The maximum absolute atomic E-state index is 11.9. The smallest absolute Gasteiger partial charge is 0.310 e. The number of hydrogen-bond acceptors (Lipinski definition) is 3. The summed E-state index contributed by atoms with van der Waals surface area (Å²) in [6, 6.07) is 0. The third kappa shape index (κ3) is 8.51. The van der Waals surface area contributed by atoms with E-state index < -0.39 is 0 Å². The molecule has 3 heteroatoms. The fourth-order valence-corrected chi connectivity index (χ4v) is 2.16. The number of nitrogens with two attached hydrogens (primary N) is 1. The van der Waals surface area contributed by atoms with Crippen LogP contribution in [0, 0.1) is 11.8 Å². The minimum atomic E-state index is -0.114. The topological polar surface area (TPSA) is 52.3 Å². The van der Waals surface area contributed by atoms with Crippen LogP contribution in [0.5, 0.6) is 0 Å². The van der Waals surface area contributed by atoms with Gasteiger partial charge in [0.25, 0.3) is 0 Å². The molecule has 0 aliphatic carbocycles. The van der Waals surface area contributed by atoms with Gasteiger partial charge in [-0.05, 0) is 25.7 Å². The minimum absolute atomic E-state index is 0.00203. The van der Waals surface area contributed by atoms with Crippen LogP contribution < -0.4 is 5.73 Å². The molecule has 0 aromatic carbocycles. The molecule has 0 saturated carbocycles. The first-order chi connectivity index (χ1) is 8.51. The van der Waals surface area contributed by atoms with Crippen molar-refractivity contribution in [2.45, 2.75) is 72.3 Å². The first kappa shape index (κ1) is 17.4. The van der Waals surface area contributed by atoms with Gasteiger partial charge < -0.3 is 10.5 Å². The van der Waals surface area contributed by atoms with Gasteiger partial charge in [0.05, 0.1) is 12.0 Å². The fraction of sp³-hybridized carbons (Fsp3) is 0.933. The average molecular weight is 257 g/mol. The van der Waals surface area contributed by atoms with Crippen molar-refractivity contribution in [3.05, 3.63) is 0 Å². The molecule has 0 aliphatic rings. The zero-order valence-electron chi connectivity index (χ0n) is 12.6. The van der Waals surface area contributed by atoms with Crippen molar-refractivity contribution in [1.29, 1.82) is 0 Å². The molecular weight excluding hydrogens is 226 g/mol. The van der Waals surface area contributed by atoms with Gasteiger partial charge in [-0.1, -0.05) is 46.5 Å². The monoisotopic (exact) mass is 257 g/mol. The van der Waals surface area contributed by atoms with Gasteiger partial charge in [0, 0.05) is 6.54 Å². The van der Waals surface area contributed by atoms with Gasteiger partial charge in [-0.15, -0.1) is 0 Å². The summed E-state index contributed by atoms with van der Waals surface area (Å²) in [7, 11) is 0. The highest BCUT2D eigenvalue weighted by Gasteiger charge is 2.20. The lowest BCUT2D eigenvalue weighted by molar-refractivity contribution is -0.153. The van der Waals surface area contributed by atoms with E-state index in [1.165, 1.54) is 19.3 Å². The summed E-state index contributed by atoms with van der Waals surface area (Å²) >= 11 is 0. The first-order valence-corrected chi connectivity index (χ1v) is 7.41. The molecule has 18 heavy (non-hydrogen) atoms. The van der Waals surface area contributed by atoms with Crippen LogP contribution in [0.15, 0.2) is 0 Å². The molecule has 0 amide bonds. The Balaban J connectivity index is 3.94. The number of rotatable bonds is 10. The molecule has 3 nitrogen and oxygen atoms in total. The summed E-state index contributed by atoms with van der Waals surface area (Å²) < 4.78 is 5.45. The van der Waals surface area contributed by atoms with E-state index >= 15 is 0 Å². The second kappa shape index (κ2) is 10.4. The number of carbonyl (C=O) groups is 1. The molecule has 0 bridgehead atoms. The zero-order chi connectivity index (χ0) is 14.0. The molecule has 0 fully saturated rings. The maximum atomic E-state index is 11.9. The molecule has 2 N–H and O–H groups in total. The van der Waals surface area contributed by atoms with Crippen molar-refractivity contribution < 1.29 is 9.53 Å². The molecule has 0 radical (unpaired) electrons. The molecule has 0 rings (SSSR count). The number of esters is 1. The third-order valence-corrected chi connectivity index (χ3v) is 3.14. The lowest BCUT2D eigenvalue weighted by Gasteiger charge is -2.19.